The zero-order valence-corrected chi connectivity index (χ0v) is 38.2. The van der Waals surface area contributed by atoms with E-state index in [9.17, 15) is 68.3 Å². The van der Waals surface area contributed by atoms with E-state index in [0.717, 1.165) is 34.3 Å². The van der Waals surface area contributed by atoms with E-state index in [2.05, 4.69) is 25.8 Å². The van der Waals surface area contributed by atoms with Crippen molar-refractivity contribution in [2.45, 2.75) is 61.6 Å². The van der Waals surface area contributed by atoms with E-state index in [0.29, 0.717) is 22.2 Å². The molecule has 0 fully saturated rings. The smallest absolute Gasteiger partial charge is 0.391 e. The molecule has 0 saturated heterocycles. The van der Waals surface area contributed by atoms with Crippen LogP contribution in [-0.4, -0.2) is 112 Å². The van der Waals surface area contributed by atoms with Crippen molar-refractivity contribution in [3.63, 3.8) is 0 Å². The van der Waals surface area contributed by atoms with Gasteiger partial charge >= 0.3 is 18.5 Å². The molecular weight excluding hydrogens is 1050 g/mol. The molecule has 3 aromatic heterocycles. The molecule has 0 aliphatic carbocycles. The number of rotatable bonds is 11. The Morgan fingerprint density at radius 2 is 0.875 bits per heavy atom. The summed E-state index contributed by atoms with van der Waals surface area (Å²) in [5, 5.41) is 9.67. The Bertz CT molecular complexity index is 2700. The largest absolute Gasteiger partial charge is 0.419 e. The molecule has 30 heteroatoms. The number of methoxy groups -OCH3 is 2. The molecule has 0 aromatic carbocycles. The van der Waals surface area contributed by atoms with Crippen LogP contribution in [-0.2, 0) is 56.8 Å². The number of aliphatic hydroxyl groups is 1. The first-order chi connectivity index (χ1) is 31.9. The van der Waals surface area contributed by atoms with Crippen LogP contribution in [0.25, 0.3) is 0 Å². The zero-order chi connectivity index (χ0) is 52.2. The predicted molar refractivity (Wildman–Crippen MR) is 243 cm³/mol. The van der Waals surface area contributed by atoms with Crippen LogP contribution >= 0.6 is 34.8 Å². The van der Waals surface area contributed by atoms with Crippen LogP contribution in [0, 0.1) is 0 Å². The van der Waals surface area contributed by atoms with Gasteiger partial charge < -0.3 is 14.6 Å². The van der Waals surface area contributed by atoms with Crippen molar-refractivity contribution < 1.29 is 82.9 Å². The molecule has 3 aliphatic heterocycles. The predicted octanol–water partition coefficient (Wildman–Crippen LogP) is 8.52. The molecule has 3 aromatic rings. The number of hydrazine groups is 3. The summed E-state index contributed by atoms with van der Waals surface area (Å²) in [6.45, 7) is 3.52. The number of nitrogens with zero attached hydrogens (tertiary/aromatic N) is 7. The molecule has 0 spiro atoms. The molecule has 6 amide bonds. The van der Waals surface area contributed by atoms with E-state index in [4.69, 9.17) is 49.4 Å². The Labute approximate surface area is 419 Å². The molecule has 6 rings (SSSR count). The topological polar surface area (TPSA) is 217 Å². The van der Waals surface area contributed by atoms with Crippen LogP contribution < -0.4 is 15.9 Å². The average molecular weight is 1100 g/mol. The SMILES string of the molecule is C.C.C.CC1=C(CO)C(=O)N(Nc2ccc(C(F)(F)F)c(Cl)n2)C1=O.COCC1=C(C)C(=O)N(N(C)c2ccc(C(F)(F)F)c(Cl)n2)C1=O.COCC1=C(C)C(=O)N(Nc2ccc(C(F)(F)F)c(Cl)n2)C1=O. The Hall–Kier alpha value is -6.39. The summed E-state index contributed by atoms with van der Waals surface area (Å²) in [4.78, 5) is 82.9. The number of carbonyl (C=O) groups excluding carboxylic acids is 6. The normalized spacial score (nSPS) is 15.0. The Kier molecular flexibility index (Phi) is 21.9. The summed E-state index contributed by atoms with van der Waals surface area (Å²) >= 11 is 16.5. The monoisotopic (exact) mass is 1100 g/mol. The number of hydrogen-bond acceptors (Lipinski definition) is 15. The first-order valence-electron chi connectivity index (χ1n) is 18.7. The standard InChI is InChI=1S/C14H13ClF3N3O3.C13H11ClF3N3O3.C12H9ClF3N3O3.3CH4/c1-7-8(6-24-3)13(23)21(12(7)22)20(2)10-5-4-9(11(15)19-10)14(16,17)18;1-6-7(5-23-2)12(22)20(11(6)21)19-9-4-3-8(10(14)18-9)13(15,16)17;1-5-6(4-20)11(22)19(10(5)21)18-8-3-2-7(9(13)17-8)12(14,15)16;;;/h4-5H,6H2,1-3H3;3-4H,5H2,1-2H3,(H,18,19);2-3,20H,4H2,1H3,(H,17,18);3*1H4. The quantitative estimate of drug-likeness (QED) is 0.0932. The molecule has 3 N–H and O–H groups in total. The first kappa shape index (κ1) is 63.6. The van der Waals surface area contributed by atoms with E-state index in [1.54, 1.807) is 0 Å². The van der Waals surface area contributed by atoms with Gasteiger partial charge in [-0.25, -0.2) is 15.0 Å². The lowest BCUT2D eigenvalue weighted by Crippen LogP contribution is -2.45. The summed E-state index contributed by atoms with van der Waals surface area (Å²) < 4.78 is 123. The molecular formula is C42H45Cl3F9N9O9. The number of amides is 6. The van der Waals surface area contributed by atoms with Gasteiger partial charge in [0.25, 0.3) is 35.4 Å². The third-order valence-electron chi connectivity index (χ3n) is 9.56. The van der Waals surface area contributed by atoms with E-state index in [1.807, 2.05) is 0 Å². The van der Waals surface area contributed by atoms with E-state index >= 15 is 0 Å². The number of imide groups is 3. The number of aromatic nitrogens is 3. The van der Waals surface area contributed by atoms with Gasteiger partial charge in [-0.2, -0.15) is 54.5 Å². The summed E-state index contributed by atoms with van der Waals surface area (Å²) in [6.07, 6.45) is -14.0. The third kappa shape index (κ3) is 13.8. The zero-order valence-electron chi connectivity index (χ0n) is 36.0. The van der Waals surface area contributed by atoms with Crippen LogP contribution in [0.1, 0.15) is 59.7 Å². The molecule has 0 bridgehead atoms. The minimum absolute atomic E-state index is 0. The van der Waals surface area contributed by atoms with Gasteiger partial charge in [0.2, 0.25) is 0 Å². The van der Waals surface area contributed by atoms with Gasteiger partial charge in [-0.15, -0.1) is 0 Å². The maximum absolute atomic E-state index is 12.7. The Morgan fingerprint density at radius 1 is 0.542 bits per heavy atom. The van der Waals surface area contributed by atoms with Gasteiger partial charge in [-0.1, -0.05) is 57.1 Å². The average Bonchev–Trinajstić information content (AvgIpc) is 3.68. The number of ether oxygens (including phenoxy) is 2. The van der Waals surface area contributed by atoms with Crippen LogP contribution in [0.3, 0.4) is 0 Å². The fourth-order valence-electron chi connectivity index (χ4n) is 5.89. The summed E-state index contributed by atoms with van der Waals surface area (Å²) in [7, 11) is 4.07. The van der Waals surface area contributed by atoms with Crippen LogP contribution in [0.5, 0.6) is 0 Å². The molecule has 0 radical (unpaired) electrons. The van der Waals surface area contributed by atoms with Gasteiger partial charge in [0, 0.05) is 38.0 Å². The van der Waals surface area contributed by atoms with Crippen LogP contribution in [0.2, 0.25) is 15.5 Å². The summed E-state index contributed by atoms with van der Waals surface area (Å²) in [6, 6.07) is 5.05. The van der Waals surface area contributed by atoms with Crippen LogP contribution in [0.4, 0.5) is 57.0 Å². The number of halogens is 12. The molecule has 0 atom stereocenters. The van der Waals surface area contributed by atoms with Gasteiger partial charge in [0.05, 0.1) is 53.2 Å². The lowest BCUT2D eigenvalue weighted by Gasteiger charge is -2.27. The number of nitrogens with one attached hydrogen (secondary N) is 2. The van der Waals surface area contributed by atoms with Crippen molar-refractivity contribution in [1.82, 2.24) is 30.0 Å². The molecule has 3 aliphatic rings. The van der Waals surface area contributed by atoms with Gasteiger partial charge in [-0.05, 0) is 57.2 Å². The molecule has 18 nitrogen and oxygen atoms in total. The van der Waals surface area contributed by atoms with Gasteiger partial charge in [0.1, 0.15) is 32.9 Å². The molecule has 0 saturated carbocycles. The van der Waals surface area contributed by atoms with Crippen molar-refractivity contribution in [2.75, 3.05) is 56.9 Å². The fraction of sp³-hybridized carbons (Fsp3) is 0.357. The van der Waals surface area contributed by atoms with Gasteiger partial charge in [0.15, 0.2) is 0 Å². The Morgan fingerprint density at radius 3 is 1.21 bits per heavy atom. The first-order valence-corrected chi connectivity index (χ1v) is 19.9. The van der Waals surface area contributed by atoms with Crippen molar-refractivity contribution in [2.24, 2.45) is 0 Å². The van der Waals surface area contributed by atoms with Crippen molar-refractivity contribution in [3.05, 3.63) is 102 Å². The number of anilines is 3. The lowest BCUT2D eigenvalue weighted by atomic mass is 10.2. The number of hydrogen-bond donors (Lipinski definition) is 3. The second-order valence-electron chi connectivity index (χ2n) is 14.0. The number of alkyl halides is 9. The fourth-order valence-corrected chi connectivity index (χ4v) is 6.67. The highest BCUT2D eigenvalue weighted by molar-refractivity contribution is 6.31. The molecule has 0 unspecified atom stereocenters. The van der Waals surface area contributed by atoms with Crippen molar-refractivity contribution in [3.8, 4) is 0 Å². The summed E-state index contributed by atoms with van der Waals surface area (Å²) in [5.41, 5.74) is 1.93. The number of aliphatic hydroxyl groups excluding tert-OH is 1. The third-order valence-corrected chi connectivity index (χ3v) is 10.4. The van der Waals surface area contributed by atoms with E-state index in [1.165, 1.54) is 42.0 Å². The minimum Gasteiger partial charge on any atom is -0.391 e. The highest BCUT2D eigenvalue weighted by atomic mass is 35.5. The number of pyridine rings is 3. The van der Waals surface area contributed by atoms with Crippen molar-refractivity contribution >= 4 is 87.7 Å². The van der Waals surface area contributed by atoms with Crippen LogP contribution in [0.15, 0.2) is 69.8 Å². The lowest BCUT2D eigenvalue weighted by molar-refractivity contribution is -0.139. The van der Waals surface area contributed by atoms with Crippen molar-refractivity contribution in [1.29, 1.82) is 0 Å². The molecule has 6 heterocycles. The second-order valence-corrected chi connectivity index (χ2v) is 15.0. The van der Waals surface area contributed by atoms with E-state index < -0.39 is 92.7 Å². The highest BCUT2D eigenvalue weighted by Gasteiger charge is 2.42. The molecule has 396 valence electrons. The maximum atomic E-state index is 12.7. The second kappa shape index (κ2) is 24.8. The minimum atomic E-state index is -4.66. The van der Waals surface area contributed by atoms with Gasteiger partial charge in [-0.3, -0.25) is 44.6 Å². The maximum Gasteiger partial charge on any atom is 0.419 e. The highest BCUT2D eigenvalue weighted by Crippen LogP contribution is 2.37. The number of carbonyl (C=O) groups is 6. The summed E-state index contributed by atoms with van der Waals surface area (Å²) in [5.74, 6) is -4.53. The van der Waals surface area contributed by atoms with E-state index in [-0.39, 0.29) is 86.4 Å². The Balaban J connectivity index is 0.000000529. The molecule has 72 heavy (non-hydrogen) atoms.